The molecule has 78 valence electrons. The number of aryl methyl sites for hydroxylation is 1. The van der Waals surface area contributed by atoms with Crippen molar-refractivity contribution in [2.45, 2.75) is 19.8 Å². The summed E-state index contributed by atoms with van der Waals surface area (Å²) < 4.78 is 5.53. The average molecular weight is 202 g/mol. The number of rotatable bonds is 5. The predicted octanol–water partition coefficient (Wildman–Crippen LogP) is 2.60. The van der Waals surface area contributed by atoms with E-state index in [0.29, 0.717) is 24.3 Å². The van der Waals surface area contributed by atoms with Crippen molar-refractivity contribution >= 4 is 6.29 Å². The van der Waals surface area contributed by atoms with Crippen molar-refractivity contribution in [3.05, 3.63) is 29.3 Å². The Morgan fingerprint density at radius 2 is 2.33 bits per heavy atom. The van der Waals surface area contributed by atoms with Crippen molar-refractivity contribution in [1.29, 1.82) is 0 Å². The van der Waals surface area contributed by atoms with Gasteiger partial charge >= 0.3 is 0 Å². The Balaban J connectivity index is 2.67. The third kappa shape index (κ3) is 3.14. The molecule has 0 aliphatic carbocycles. The van der Waals surface area contributed by atoms with E-state index in [1.54, 1.807) is 6.07 Å². The second-order valence-electron chi connectivity index (χ2n) is 3.27. The van der Waals surface area contributed by atoms with Crippen LogP contribution in [0.5, 0.6) is 5.75 Å². The van der Waals surface area contributed by atoms with Gasteiger partial charge in [0.25, 0.3) is 0 Å². The molecule has 0 bridgehead atoms. The molecule has 0 heterocycles. The number of para-hydroxylation sites is 1. The van der Waals surface area contributed by atoms with Crippen molar-refractivity contribution < 1.29 is 9.53 Å². The molecule has 0 N–H and O–H groups in total. The lowest BCUT2D eigenvalue weighted by molar-refractivity contribution is 0.111. The summed E-state index contributed by atoms with van der Waals surface area (Å²) in [5.74, 6) is 3.22. The largest absolute Gasteiger partial charge is 0.493 e. The van der Waals surface area contributed by atoms with E-state index in [9.17, 15) is 4.79 Å². The van der Waals surface area contributed by atoms with Gasteiger partial charge in [0.05, 0.1) is 12.2 Å². The fraction of sp³-hybridized carbons (Fsp3) is 0.308. The van der Waals surface area contributed by atoms with E-state index >= 15 is 0 Å². The number of terminal acetylenes is 1. The van der Waals surface area contributed by atoms with E-state index in [4.69, 9.17) is 11.2 Å². The number of ether oxygens (including phenoxy) is 1. The Labute approximate surface area is 90.3 Å². The van der Waals surface area contributed by atoms with Gasteiger partial charge in [-0.2, -0.15) is 0 Å². The summed E-state index contributed by atoms with van der Waals surface area (Å²) in [5.41, 5.74) is 1.57. The van der Waals surface area contributed by atoms with E-state index in [0.717, 1.165) is 18.3 Å². The van der Waals surface area contributed by atoms with Crippen LogP contribution >= 0.6 is 0 Å². The molecule has 0 aliphatic rings. The molecule has 1 aromatic rings. The Hall–Kier alpha value is -1.75. The molecule has 2 heteroatoms. The topological polar surface area (TPSA) is 26.3 Å². The summed E-state index contributed by atoms with van der Waals surface area (Å²) in [6.07, 6.45) is 7.45. The standard InChI is InChI=1S/C13H14O2/c1-3-4-5-9-15-13-11(2)7-6-8-12(13)10-14/h1,6-8,10H,4-5,9H2,2H3. The molecular formula is C13H14O2. The van der Waals surface area contributed by atoms with Crippen molar-refractivity contribution in [2.24, 2.45) is 0 Å². The van der Waals surface area contributed by atoms with Gasteiger partial charge < -0.3 is 4.74 Å². The lowest BCUT2D eigenvalue weighted by Gasteiger charge is -2.10. The number of carbonyl (C=O) groups excluding carboxylic acids is 1. The third-order valence-electron chi connectivity index (χ3n) is 2.08. The molecule has 0 radical (unpaired) electrons. The van der Waals surface area contributed by atoms with Gasteiger partial charge in [-0.25, -0.2) is 0 Å². The summed E-state index contributed by atoms with van der Waals surface area (Å²) in [6.45, 7) is 2.47. The Bertz CT molecular complexity index is 375. The van der Waals surface area contributed by atoms with Crippen LogP contribution in [0.1, 0.15) is 28.8 Å². The second kappa shape index (κ2) is 5.87. The lowest BCUT2D eigenvalue weighted by atomic mass is 10.1. The Kier molecular flexibility index (Phi) is 4.43. The molecule has 0 fully saturated rings. The van der Waals surface area contributed by atoms with Crippen LogP contribution in [-0.4, -0.2) is 12.9 Å². The number of aldehydes is 1. The summed E-state index contributed by atoms with van der Waals surface area (Å²) in [4.78, 5) is 10.8. The first-order chi connectivity index (χ1) is 7.29. The first kappa shape index (κ1) is 11.3. The van der Waals surface area contributed by atoms with Crippen molar-refractivity contribution in [3.63, 3.8) is 0 Å². The maximum atomic E-state index is 10.8. The fourth-order valence-corrected chi connectivity index (χ4v) is 1.31. The van der Waals surface area contributed by atoms with E-state index < -0.39 is 0 Å². The molecule has 0 atom stereocenters. The van der Waals surface area contributed by atoms with Gasteiger partial charge in [-0.1, -0.05) is 12.1 Å². The van der Waals surface area contributed by atoms with Crippen molar-refractivity contribution in [3.8, 4) is 18.1 Å². The van der Waals surface area contributed by atoms with Crippen LogP contribution in [0, 0.1) is 19.3 Å². The molecule has 15 heavy (non-hydrogen) atoms. The number of carbonyl (C=O) groups is 1. The lowest BCUT2D eigenvalue weighted by Crippen LogP contribution is -2.01. The molecule has 0 saturated heterocycles. The molecule has 1 aromatic carbocycles. The summed E-state index contributed by atoms with van der Waals surface area (Å²) in [5, 5.41) is 0. The molecule has 0 aromatic heterocycles. The quantitative estimate of drug-likeness (QED) is 0.417. The van der Waals surface area contributed by atoms with Gasteiger partial charge in [0.2, 0.25) is 0 Å². The highest BCUT2D eigenvalue weighted by Crippen LogP contribution is 2.21. The smallest absolute Gasteiger partial charge is 0.153 e. The van der Waals surface area contributed by atoms with E-state index in [1.165, 1.54) is 0 Å². The van der Waals surface area contributed by atoms with Crippen LogP contribution in [0.15, 0.2) is 18.2 Å². The van der Waals surface area contributed by atoms with Gasteiger partial charge in [0.1, 0.15) is 5.75 Å². The second-order valence-corrected chi connectivity index (χ2v) is 3.27. The van der Waals surface area contributed by atoms with Crippen LogP contribution in [0.25, 0.3) is 0 Å². The molecule has 0 amide bonds. The molecule has 0 spiro atoms. The third-order valence-corrected chi connectivity index (χ3v) is 2.08. The van der Waals surface area contributed by atoms with Crippen LogP contribution in [0.2, 0.25) is 0 Å². The summed E-state index contributed by atoms with van der Waals surface area (Å²) in [6, 6.07) is 5.51. The van der Waals surface area contributed by atoms with E-state index in [1.807, 2.05) is 19.1 Å². The first-order valence-corrected chi connectivity index (χ1v) is 4.90. The van der Waals surface area contributed by atoms with Crippen molar-refractivity contribution in [1.82, 2.24) is 0 Å². The van der Waals surface area contributed by atoms with Crippen LogP contribution < -0.4 is 4.74 Å². The van der Waals surface area contributed by atoms with Gasteiger partial charge in [-0.05, 0) is 25.0 Å². The van der Waals surface area contributed by atoms with Gasteiger partial charge in [-0.3, -0.25) is 4.79 Å². The normalized spacial score (nSPS) is 9.33. The maximum absolute atomic E-state index is 10.8. The van der Waals surface area contributed by atoms with Crippen LogP contribution in [0.3, 0.4) is 0 Å². The SMILES string of the molecule is C#CCCCOc1c(C)cccc1C=O. The van der Waals surface area contributed by atoms with Gasteiger partial charge in [0.15, 0.2) is 6.29 Å². The maximum Gasteiger partial charge on any atom is 0.153 e. The first-order valence-electron chi connectivity index (χ1n) is 4.90. The summed E-state index contributed by atoms with van der Waals surface area (Å²) >= 11 is 0. The number of benzene rings is 1. The zero-order valence-electron chi connectivity index (χ0n) is 8.82. The highest BCUT2D eigenvalue weighted by molar-refractivity contribution is 5.80. The molecule has 0 saturated carbocycles. The van der Waals surface area contributed by atoms with Crippen molar-refractivity contribution in [2.75, 3.05) is 6.61 Å². The molecule has 1 rings (SSSR count). The fourth-order valence-electron chi connectivity index (χ4n) is 1.31. The minimum absolute atomic E-state index is 0.551. The highest BCUT2D eigenvalue weighted by atomic mass is 16.5. The number of hydrogen-bond acceptors (Lipinski definition) is 2. The minimum atomic E-state index is 0.551. The Morgan fingerprint density at radius 3 is 3.00 bits per heavy atom. The monoisotopic (exact) mass is 202 g/mol. The molecule has 0 aliphatic heterocycles. The zero-order chi connectivity index (χ0) is 11.1. The van der Waals surface area contributed by atoms with Gasteiger partial charge in [0, 0.05) is 6.42 Å². The number of unbranched alkanes of at least 4 members (excludes halogenated alkanes) is 1. The molecule has 0 unspecified atom stereocenters. The van der Waals surface area contributed by atoms with Crippen LogP contribution in [-0.2, 0) is 0 Å². The zero-order valence-corrected chi connectivity index (χ0v) is 8.82. The molecule has 2 nitrogen and oxygen atoms in total. The van der Waals surface area contributed by atoms with E-state index in [2.05, 4.69) is 5.92 Å². The minimum Gasteiger partial charge on any atom is -0.493 e. The Morgan fingerprint density at radius 1 is 1.53 bits per heavy atom. The van der Waals surface area contributed by atoms with Gasteiger partial charge in [-0.15, -0.1) is 12.3 Å². The van der Waals surface area contributed by atoms with Crippen LogP contribution in [0.4, 0.5) is 0 Å². The molecular weight excluding hydrogens is 188 g/mol. The summed E-state index contributed by atoms with van der Waals surface area (Å²) in [7, 11) is 0. The predicted molar refractivity (Wildman–Crippen MR) is 60.1 cm³/mol. The highest BCUT2D eigenvalue weighted by Gasteiger charge is 2.05. The average Bonchev–Trinajstić information content (AvgIpc) is 2.26. The van der Waals surface area contributed by atoms with E-state index in [-0.39, 0.29) is 0 Å². The number of hydrogen-bond donors (Lipinski definition) is 0.